The second-order valence-corrected chi connectivity index (χ2v) is 12.0. The van der Waals surface area contributed by atoms with E-state index >= 15 is 0 Å². The van der Waals surface area contributed by atoms with E-state index in [2.05, 4.69) is 169 Å². The van der Waals surface area contributed by atoms with Gasteiger partial charge in [-0.15, -0.1) is 0 Å². The lowest BCUT2D eigenvalue weighted by Crippen LogP contribution is -2.14. The molecule has 0 bridgehead atoms. The van der Waals surface area contributed by atoms with E-state index in [4.69, 9.17) is 4.42 Å². The first-order chi connectivity index (χ1) is 22.8. The van der Waals surface area contributed by atoms with Gasteiger partial charge < -0.3 is 9.32 Å². The molecule has 0 spiro atoms. The molecule has 0 amide bonds. The number of hydrogen-bond acceptors (Lipinski definition) is 2. The van der Waals surface area contributed by atoms with Crippen molar-refractivity contribution >= 4 is 55.8 Å². The molecule has 0 saturated heterocycles. The number of hydrogen-bond donors (Lipinski definition) is 0. The molecule has 1 heterocycles. The Kier molecular flexibility index (Phi) is 6.31. The fraction of sp³-hybridized carbons (Fsp3) is 0.0455. The van der Waals surface area contributed by atoms with Gasteiger partial charge in [-0.05, 0) is 59.4 Å². The molecule has 1 aromatic heterocycles. The average Bonchev–Trinajstić information content (AvgIpc) is 3.52. The van der Waals surface area contributed by atoms with Crippen LogP contribution in [-0.4, -0.2) is 0 Å². The van der Waals surface area contributed by atoms with Crippen molar-refractivity contribution in [3.05, 3.63) is 169 Å². The largest absolute Gasteiger partial charge is 0.455 e. The summed E-state index contributed by atoms with van der Waals surface area (Å²) in [5, 5.41) is 4.50. The zero-order chi connectivity index (χ0) is 30.5. The van der Waals surface area contributed by atoms with Crippen LogP contribution in [0.25, 0.3) is 61.0 Å². The van der Waals surface area contributed by atoms with Gasteiger partial charge in [-0.1, -0.05) is 140 Å². The summed E-state index contributed by atoms with van der Waals surface area (Å²) in [6.45, 7) is 0. The van der Waals surface area contributed by atoms with Crippen molar-refractivity contribution in [3.8, 4) is 22.3 Å². The second kappa shape index (κ2) is 10.9. The van der Waals surface area contributed by atoms with E-state index in [1.54, 1.807) is 0 Å². The Morgan fingerprint density at radius 3 is 1.87 bits per heavy atom. The molecule has 0 radical (unpaired) electrons. The van der Waals surface area contributed by atoms with Crippen molar-refractivity contribution in [2.45, 2.75) is 12.8 Å². The van der Waals surface area contributed by atoms with Gasteiger partial charge in [-0.3, -0.25) is 0 Å². The quantitative estimate of drug-likeness (QED) is 0.199. The maximum Gasteiger partial charge on any atom is 0.143 e. The summed E-state index contributed by atoms with van der Waals surface area (Å²) in [6, 6.07) is 54.2. The molecule has 0 saturated carbocycles. The Balaban J connectivity index is 1.35. The highest BCUT2D eigenvalue weighted by molar-refractivity contribution is 6.21. The van der Waals surface area contributed by atoms with Crippen molar-refractivity contribution in [1.82, 2.24) is 0 Å². The third-order valence-corrected chi connectivity index (χ3v) is 9.33. The molecule has 7 aromatic carbocycles. The zero-order valence-corrected chi connectivity index (χ0v) is 25.4. The monoisotopic (exact) mass is 589 g/mol. The van der Waals surface area contributed by atoms with Gasteiger partial charge in [0.25, 0.3) is 0 Å². The zero-order valence-electron chi connectivity index (χ0n) is 25.4. The van der Waals surface area contributed by atoms with Crippen LogP contribution in [0.5, 0.6) is 0 Å². The van der Waals surface area contributed by atoms with Gasteiger partial charge in [0, 0.05) is 38.4 Å². The van der Waals surface area contributed by atoms with Gasteiger partial charge in [0.1, 0.15) is 11.2 Å². The summed E-state index contributed by atoms with van der Waals surface area (Å²) in [5.74, 6) is 0. The summed E-state index contributed by atoms with van der Waals surface area (Å²) < 4.78 is 6.82. The van der Waals surface area contributed by atoms with Crippen LogP contribution >= 0.6 is 0 Å². The van der Waals surface area contributed by atoms with Gasteiger partial charge in [0.05, 0.1) is 11.4 Å². The molecule has 0 aliphatic heterocycles. The van der Waals surface area contributed by atoms with Gasteiger partial charge >= 0.3 is 0 Å². The molecule has 0 unspecified atom stereocenters. The Labute approximate surface area is 268 Å². The molecule has 8 aromatic rings. The summed E-state index contributed by atoms with van der Waals surface area (Å²) >= 11 is 0. The number of rotatable bonds is 5. The summed E-state index contributed by atoms with van der Waals surface area (Å²) in [7, 11) is 0. The highest BCUT2D eigenvalue weighted by Gasteiger charge is 2.25. The molecule has 9 rings (SSSR count). The molecule has 1 aliphatic rings. The van der Waals surface area contributed by atoms with E-state index in [0.29, 0.717) is 0 Å². The minimum Gasteiger partial charge on any atom is -0.455 e. The number of benzene rings is 7. The van der Waals surface area contributed by atoms with E-state index in [0.717, 1.165) is 68.1 Å². The fourth-order valence-corrected chi connectivity index (χ4v) is 7.24. The predicted molar refractivity (Wildman–Crippen MR) is 194 cm³/mol. The van der Waals surface area contributed by atoms with Crippen LogP contribution in [-0.2, 0) is 6.42 Å². The molecule has 1 aliphatic carbocycles. The maximum atomic E-state index is 6.82. The van der Waals surface area contributed by atoms with Crippen LogP contribution < -0.4 is 4.90 Å². The highest BCUT2D eigenvalue weighted by atomic mass is 16.3. The van der Waals surface area contributed by atoms with Crippen molar-refractivity contribution in [1.29, 1.82) is 0 Å². The van der Waals surface area contributed by atoms with Crippen LogP contribution in [0.3, 0.4) is 0 Å². The summed E-state index contributed by atoms with van der Waals surface area (Å²) in [6.07, 6.45) is 6.71. The number of para-hydroxylation sites is 2. The molecule has 2 heteroatoms. The molecular weight excluding hydrogens is 558 g/mol. The van der Waals surface area contributed by atoms with Crippen molar-refractivity contribution < 1.29 is 4.42 Å². The fourth-order valence-electron chi connectivity index (χ4n) is 7.24. The first-order valence-electron chi connectivity index (χ1n) is 16.0. The van der Waals surface area contributed by atoms with Gasteiger partial charge in [0.2, 0.25) is 0 Å². The minimum absolute atomic E-state index is 0.921. The summed E-state index contributed by atoms with van der Waals surface area (Å²) in [5.41, 5.74) is 12.8. The van der Waals surface area contributed by atoms with Gasteiger partial charge in [0.15, 0.2) is 0 Å². The van der Waals surface area contributed by atoms with Crippen LogP contribution in [0.2, 0.25) is 0 Å². The normalized spacial score (nSPS) is 12.5. The summed E-state index contributed by atoms with van der Waals surface area (Å²) in [4.78, 5) is 2.45. The van der Waals surface area contributed by atoms with E-state index in [9.17, 15) is 0 Å². The lowest BCUT2D eigenvalue weighted by atomic mass is 9.87. The maximum absolute atomic E-state index is 6.82. The van der Waals surface area contributed by atoms with E-state index in [-0.39, 0.29) is 0 Å². The lowest BCUT2D eigenvalue weighted by molar-refractivity contribution is 0.674. The Bertz CT molecular complexity index is 2400. The lowest BCUT2D eigenvalue weighted by Gasteiger charge is -2.31. The Morgan fingerprint density at radius 2 is 1.11 bits per heavy atom. The van der Waals surface area contributed by atoms with Crippen molar-refractivity contribution in [3.63, 3.8) is 0 Å². The predicted octanol–water partition coefficient (Wildman–Crippen LogP) is 12.5. The third-order valence-electron chi connectivity index (χ3n) is 9.33. The van der Waals surface area contributed by atoms with Crippen LogP contribution in [0, 0.1) is 0 Å². The topological polar surface area (TPSA) is 16.4 Å². The highest BCUT2D eigenvalue weighted by Crippen LogP contribution is 2.48. The van der Waals surface area contributed by atoms with Gasteiger partial charge in [-0.2, -0.15) is 0 Å². The van der Waals surface area contributed by atoms with E-state index in [1.165, 1.54) is 27.9 Å². The standard InChI is InChI=1S/C44H31NO/c1-4-15-30(16-5-1)33-27-28-41(36-22-11-10-21-35(33)36)45(32-19-8-3-9-20-32)42-29-40-39-26-14-25-34(31-17-6-2-7-18-31)43(39)46-44(40)38-24-13-12-23-37(38)42/h1-9,11-20,22-29H,10,21H2. The van der Waals surface area contributed by atoms with Crippen LogP contribution in [0.15, 0.2) is 162 Å². The first kappa shape index (κ1) is 26.5. The van der Waals surface area contributed by atoms with Gasteiger partial charge in [-0.25, -0.2) is 0 Å². The Hall–Kier alpha value is -5.86. The smallest absolute Gasteiger partial charge is 0.143 e. The second-order valence-electron chi connectivity index (χ2n) is 12.0. The third kappa shape index (κ3) is 4.26. The molecule has 0 fully saturated rings. The van der Waals surface area contributed by atoms with E-state index in [1.807, 2.05) is 0 Å². The number of furan rings is 1. The molecule has 0 N–H and O–H groups in total. The minimum atomic E-state index is 0.921. The van der Waals surface area contributed by atoms with Crippen molar-refractivity contribution in [2.24, 2.45) is 0 Å². The van der Waals surface area contributed by atoms with Crippen molar-refractivity contribution in [2.75, 3.05) is 4.90 Å². The average molecular weight is 590 g/mol. The number of anilines is 3. The number of nitrogens with zero attached hydrogens (tertiary/aromatic N) is 1. The SMILES string of the molecule is C1=Cc2c(N(c3ccccc3)c3cc4c5cccc(-c6ccccc6)c5oc4c4ccccc34)ccc(-c3ccccc3)c2CC1. The Morgan fingerprint density at radius 1 is 0.478 bits per heavy atom. The molecule has 2 nitrogen and oxygen atoms in total. The molecule has 218 valence electrons. The molecular formula is C44H31NO. The van der Waals surface area contributed by atoms with E-state index < -0.39 is 0 Å². The number of fused-ring (bicyclic) bond motifs is 6. The van der Waals surface area contributed by atoms with Crippen LogP contribution in [0.1, 0.15) is 17.5 Å². The molecule has 46 heavy (non-hydrogen) atoms. The first-order valence-corrected chi connectivity index (χ1v) is 16.0. The molecule has 0 atom stereocenters. The number of allylic oxidation sites excluding steroid dienone is 1. The van der Waals surface area contributed by atoms with Crippen LogP contribution in [0.4, 0.5) is 17.1 Å².